The van der Waals surface area contributed by atoms with Crippen molar-refractivity contribution in [2.75, 3.05) is 46.3 Å². The third-order valence-electron chi connectivity index (χ3n) is 6.53. The van der Waals surface area contributed by atoms with E-state index in [2.05, 4.69) is 24.9 Å². The summed E-state index contributed by atoms with van der Waals surface area (Å²) >= 11 is 1.66. The van der Waals surface area contributed by atoms with E-state index >= 15 is 0 Å². The molecule has 2 saturated heterocycles. The molecule has 3 aliphatic rings. The summed E-state index contributed by atoms with van der Waals surface area (Å²) < 4.78 is 0. The van der Waals surface area contributed by atoms with Crippen molar-refractivity contribution in [3.63, 3.8) is 0 Å². The van der Waals surface area contributed by atoms with Gasteiger partial charge >= 0.3 is 0 Å². The van der Waals surface area contributed by atoms with Crippen LogP contribution in [0.2, 0.25) is 0 Å². The maximum atomic E-state index is 12.9. The number of piperazine rings is 1. The van der Waals surface area contributed by atoms with E-state index in [4.69, 9.17) is 0 Å². The number of carbonyl (C=O) groups excluding carboxylic acids is 2. The van der Waals surface area contributed by atoms with Crippen LogP contribution in [-0.4, -0.2) is 72.8 Å². The number of carbonyl (C=O) groups is 2. The maximum Gasteiger partial charge on any atom is 0.263 e. The van der Waals surface area contributed by atoms with Crippen LogP contribution < -0.4 is 0 Å². The largest absolute Gasteiger partial charge is 0.340 e. The molecule has 6 heteroatoms. The molecule has 4 rings (SSSR count). The van der Waals surface area contributed by atoms with Crippen LogP contribution in [0.1, 0.15) is 46.3 Å². The molecule has 27 heavy (non-hydrogen) atoms. The van der Waals surface area contributed by atoms with Crippen LogP contribution in [-0.2, 0) is 17.6 Å². The van der Waals surface area contributed by atoms with Crippen LogP contribution in [0.15, 0.2) is 6.07 Å². The highest BCUT2D eigenvalue weighted by atomic mass is 32.1. The molecule has 2 amide bonds. The number of likely N-dealkylation sites (N-methyl/N-ethyl adjacent to an activating group) is 1. The van der Waals surface area contributed by atoms with Crippen LogP contribution >= 0.6 is 11.3 Å². The van der Waals surface area contributed by atoms with Crippen molar-refractivity contribution >= 4 is 23.2 Å². The van der Waals surface area contributed by atoms with Crippen LogP contribution in [0.25, 0.3) is 0 Å². The Balaban J connectivity index is 1.40. The van der Waals surface area contributed by atoms with E-state index in [1.54, 1.807) is 11.3 Å². The number of amides is 2. The lowest BCUT2D eigenvalue weighted by Crippen LogP contribution is -2.49. The Labute approximate surface area is 166 Å². The molecule has 0 saturated carbocycles. The van der Waals surface area contributed by atoms with Gasteiger partial charge in [0, 0.05) is 50.1 Å². The Bertz CT molecular complexity index is 700. The lowest BCUT2D eigenvalue weighted by Gasteiger charge is -2.35. The molecule has 0 spiro atoms. The molecule has 1 aromatic rings. The predicted octanol–water partition coefficient (Wildman–Crippen LogP) is 2.50. The molecular weight excluding hydrogens is 358 g/mol. The van der Waals surface area contributed by atoms with Crippen LogP contribution in [0.4, 0.5) is 0 Å². The van der Waals surface area contributed by atoms with Crippen molar-refractivity contribution in [1.29, 1.82) is 0 Å². The number of rotatable bonds is 2. The summed E-state index contributed by atoms with van der Waals surface area (Å²) in [6.07, 6.45) is 4.89. The maximum absolute atomic E-state index is 12.9. The third-order valence-corrected chi connectivity index (χ3v) is 7.75. The highest BCUT2D eigenvalue weighted by Gasteiger charge is 2.32. The van der Waals surface area contributed by atoms with E-state index in [0.29, 0.717) is 5.91 Å². The fraction of sp³-hybridized carbons (Fsp3) is 0.714. The van der Waals surface area contributed by atoms with Gasteiger partial charge in [-0.3, -0.25) is 9.59 Å². The van der Waals surface area contributed by atoms with Gasteiger partial charge in [-0.25, -0.2) is 0 Å². The fourth-order valence-corrected chi connectivity index (χ4v) is 5.67. The molecule has 0 bridgehead atoms. The molecule has 2 fully saturated rings. The lowest BCUT2D eigenvalue weighted by molar-refractivity contribution is -0.137. The number of likely N-dealkylation sites (tertiary alicyclic amines) is 1. The van der Waals surface area contributed by atoms with Gasteiger partial charge in [0.1, 0.15) is 0 Å². The molecule has 3 heterocycles. The predicted molar refractivity (Wildman–Crippen MR) is 108 cm³/mol. The van der Waals surface area contributed by atoms with Gasteiger partial charge < -0.3 is 14.7 Å². The minimum Gasteiger partial charge on any atom is -0.340 e. The van der Waals surface area contributed by atoms with Gasteiger partial charge in [-0.2, -0.15) is 0 Å². The van der Waals surface area contributed by atoms with E-state index < -0.39 is 0 Å². The van der Waals surface area contributed by atoms with Crippen LogP contribution in [0.5, 0.6) is 0 Å². The molecule has 1 aliphatic carbocycles. The zero-order valence-electron chi connectivity index (χ0n) is 16.6. The molecule has 1 aromatic heterocycles. The first kappa shape index (κ1) is 18.9. The van der Waals surface area contributed by atoms with Gasteiger partial charge in [0.05, 0.1) is 4.88 Å². The van der Waals surface area contributed by atoms with E-state index in [1.165, 1.54) is 10.4 Å². The summed E-state index contributed by atoms with van der Waals surface area (Å²) in [5.41, 5.74) is 1.24. The van der Waals surface area contributed by atoms with Gasteiger partial charge in [0.25, 0.3) is 5.91 Å². The van der Waals surface area contributed by atoms with Crippen molar-refractivity contribution in [3.8, 4) is 0 Å². The van der Waals surface area contributed by atoms with E-state index in [9.17, 15) is 9.59 Å². The Morgan fingerprint density at radius 2 is 1.70 bits per heavy atom. The molecule has 2 aliphatic heterocycles. The Morgan fingerprint density at radius 3 is 2.41 bits per heavy atom. The first-order valence-electron chi connectivity index (χ1n) is 10.4. The first-order chi connectivity index (χ1) is 13.0. The molecule has 1 atom stereocenters. The molecule has 0 N–H and O–H groups in total. The number of aryl methyl sites for hydroxylation is 1. The quantitative estimate of drug-likeness (QED) is 0.781. The Morgan fingerprint density at radius 1 is 1.00 bits per heavy atom. The normalized spacial score (nSPS) is 24.7. The van der Waals surface area contributed by atoms with Crippen LogP contribution in [0.3, 0.4) is 0 Å². The Hall–Kier alpha value is -1.40. The van der Waals surface area contributed by atoms with E-state index in [0.717, 1.165) is 82.2 Å². The van der Waals surface area contributed by atoms with Gasteiger partial charge in [0.15, 0.2) is 0 Å². The third kappa shape index (κ3) is 4.06. The van der Waals surface area contributed by atoms with Crippen LogP contribution in [0, 0.1) is 11.8 Å². The molecule has 148 valence electrons. The number of nitrogens with zero attached hydrogens (tertiary/aromatic N) is 3. The summed E-state index contributed by atoms with van der Waals surface area (Å²) in [4.78, 5) is 34.3. The number of hydrogen-bond acceptors (Lipinski definition) is 4. The highest BCUT2D eigenvalue weighted by Crippen LogP contribution is 2.34. The van der Waals surface area contributed by atoms with Crippen molar-refractivity contribution in [2.24, 2.45) is 11.8 Å². The molecular formula is C21H31N3O2S. The minimum atomic E-state index is 0.0919. The van der Waals surface area contributed by atoms with E-state index in [1.807, 2.05) is 9.80 Å². The molecule has 5 nitrogen and oxygen atoms in total. The number of hydrogen-bond donors (Lipinski definition) is 0. The summed E-state index contributed by atoms with van der Waals surface area (Å²) in [6, 6.07) is 2.09. The second-order valence-corrected chi connectivity index (χ2v) is 9.74. The van der Waals surface area contributed by atoms with Gasteiger partial charge in [-0.1, -0.05) is 6.92 Å². The summed E-state index contributed by atoms with van der Waals surface area (Å²) in [5, 5.41) is 0. The smallest absolute Gasteiger partial charge is 0.263 e. The monoisotopic (exact) mass is 389 g/mol. The lowest BCUT2D eigenvalue weighted by atomic mass is 9.87. The first-order valence-corrected chi connectivity index (χ1v) is 11.2. The van der Waals surface area contributed by atoms with Gasteiger partial charge in [0.2, 0.25) is 5.91 Å². The average molecular weight is 390 g/mol. The standard InChI is InChI=1S/C21H31N3O2S/c1-15-5-7-23(8-6-15)21(26)19-14-17-13-16(3-4-18(17)27-19)20(25)24-11-9-22(2)10-12-24/h14-16H,3-13H2,1-2H3. The summed E-state index contributed by atoms with van der Waals surface area (Å²) in [7, 11) is 2.11. The van der Waals surface area contributed by atoms with Crippen molar-refractivity contribution in [3.05, 3.63) is 21.4 Å². The topological polar surface area (TPSA) is 43.9 Å². The van der Waals surface area contributed by atoms with Crippen molar-refractivity contribution in [1.82, 2.24) is 14.7 Å². The zero-order chi connectivity index (χ0) is 19.0. The summed E-state index contributed by atoms with van der Waals surface area (Å²) in [5.74, 6) is 1.34. The Kier molecular flexibility index (Phi) is 5.55. The second kappa shape index (κ2) is 7.92. The molecule has 0 aromatic carbocycles. The van der Waals surface area contributed by atoms with E-state index in [-0.39, 0.29) is 11.8 Å². The zero-order valence-corrected chi connectivity index (χ0v) is 17.4. The highest BCUT2D eigenvalue weighted by molar-refractivity contribution is 7.14. The number of thiophene rings is 1. The molecule has 1 unspecified atom stereocenters. The SMILES string of the molecule is CC1CCN(C(=O)c2cc3c(s2)CCC(C(=O)N2CCN(C)CC2)C3)CC1. The minimum absolute atomic E-state index is 0.0919. The number of fused-ring (bicyclic) bond motifs is 1. The molecule has 0 radical (unpaired) electrons. The summed E-state index contributed by atoms with van der Waals surface area (Å²) in [6.45, 7) is 7.66. The van der Waals surface area contributed by atoms with Crippen molar-refractivity contribution < 1.29 is 9.59 Å². The van der Waals surface area contributed by atoms with Gasteiger partial charge in [-0.15, -0.1) is 11.3 Å². The second-order valence-electron chi connectivity index (χ2n) is 8.60. The average Bonchev–Trinajstić information content (AvgIpc) is 3.11. The van der Waals surface area contributed by atoms with Crippen molar-refractivity contribution in [2.45, 2.75) is 39.0 Å². The number of piperidine rings is 1. The van der Waals surface area contributed by atoms with Gasteiger partial charge in [-0.05, 0) is 56.7 Å². The fourth-order valence-electron chi connectivity index (χ4n) is 4.49.